The van der Waals surface area contributed by atoms with Gasteiger partial charge in [0.25, 0.3) is 0 Å². The standard InChI is InChI=1S/C19H24FNO2/c1-3-22-18-10-5-14(12-19(18)23-4-2)11-16(13-21)15-6-8-17(20)9-7-15/h5-10,12,16H,3-4,11,13,21H2,1-2H3. The van der Waals surface area contributed by atoms with E-state index in [4.69, 9.17) is 15.2 Å². The lowest BCUT2D eigenvalue weighted by atomic mass is 9.92. The van der Waals surface area contributed by atoms with Crippen LogP contribution in [0.4, 0.5) is 4.39 Å². The molecule has 0 fully saturated rings. The Morgan fingerprint density at radius 3 is 2.22 bits per heavy atom. The van der Waals surface area contributed by atoms with Gasteiger partial charge in [0.05, 0.1) is 13.2 Å². The second-order valence-corrected chi connectivity index (χ2v) is 5.34. The summed E-state index contributed by atoms with van der Waals surface area (Å²) in [6, 6.07) is 12.5. The summed E-state index contributed by atoms with van der Waals surface area (Å²) in [5.41, 5.74) is 8.08. The number of ether oxygens (including phenoxy) is 2. The van der Waals surface area contributed by atoms with Crippen molar-refractivity contribution in [2.24, 2.45) is 5.73 Å². The minimum absolute atomic E-state index is 0.142. The molecule has 0 aliphatic rings. The average molecular weight is 317 g/mol. The molecule has 0 aromatic heterocycles. The average Bonchev–Trinajstić information content (AvgIpc) is 2.56. The zero-order valence-corrected chi connectivity index (χ0v) is 13.7. The molecule has 0 amide bonds. The maximum atomic E-state index is 13.1. The van der Waals surface area contributed by atoms with Crippen LogP contribution in [0.3, 0.4) is 0 Å². The highest BCUT2D eigenvalue weighted by Gasteiger charge is 2.13. The van der Waals surface area contributed by atoms with E-state index in [1.807, 2.05) is 32.0 Å². The van der Waals surface area contributed by atoms with E-state index in [0.717, 1.165) is 29.0 Å². The van der Waals surface area contributed by atoms with Crippen molar-refractivity contribution in [3.8, 4) is 11.5 Å². The summed E-state index contributed by atoms with van der Waals surface area (Å²) in [4.78, 5) is 0. The predicted octanol–water partition coefficient (Wildman–Crippen LogP) is 3.91. The normalized spacial score (nSPS) is 12.0. The van der Waals surface area contributed by atoms with E-state index in [2.05, 4.69) is 0 Å². The molecule has 2 aromatic carbocycles. The minimum Gasteiger partial charge on any atom is -0.490 e. The highest BCUT2D eigenvalue weighted by Crippen LogP contribution is 2.30. The Morgan fingerprint density at radius 1 is 0.957 bits per heavy atom. The summed E-state index contributed by atoms with van der Waals surface area (Å²) in [5.74, 6) is 1.41. The van der Waals surface area contributed by atoms with E-state index in [0.29, 0.717) is 19.8 Å². The molecule has 1 unspecified atom stereocenters. The highest BCUT2D eigenvalue weighted by atomic mass is 19.1. The first kappa shape index (κ1) is 17.3. The first-order chi connectivity index (χ1) is 11.2. The van der Waals surface area contributed by atoms with Crippen molar-refractivity contribution >= 4 is 0 Å². The number of halogens is 1. The number of hydrogen-bond acceptors (Lipinski definition) is 3. The van der Waals surface area contributed by atoms with Gasteiger partial charge in [0.1, 0.15) is 5.82 Å². The van der Waals surface area contributed by atoms with Crippen LogP contribution in [0.2, 0.25) is 0 Å². The van der Waals surface area contributed by atoms with Gasteiger partial charge in [0.15, 0.2) is 11.5 Å². The molecule has 23 heavy (non-hydrogen) atoms. The van der Waals surface area contributed by atoms with Crippen molar-refractivity contribution in [2.75, 3.05) is 19.8 Å². The van der Waals surface area contributed by atoms with Crippen LogP contribution in [0.5, 0.6) is 11.5 Å². The summed E-state index contributed by atoms with van der Waals surface area (Å²) >= 11 is 0. The van der Waals surface area contributed by atoms with Gasteiger partial charge >= 0.3 is 0 Å². The fraction of sp³-hybridized carbons (Fsp3) is 0.368. The zero-order chi connectivity index (χ0) is 16.7. The molecule has 0 aliphatic heterocycles. The van der Waals surface area contributed by atoms with E-state index in [1.54, 1.807) is 12.1 Å². The maximum Gasteiger partial charge on any atom is 0.161 e. The van der Waals surface area contributed by atoms with E-state index in [-0.39, 0.29) is 11.7 Å². The highest BCUT2D eigenvalue weighted by molar-refractivity contribution is 5.43. The molecule has 0 saturated heterocycles. The molecule has 0 spiro atoms. The lowest BCUT2D eigenvalue weighted by molar-refractivity contribution is 0.287. The molecule has 124 valence electrons. The van der Waals surface area contributed by atoms with E-state index in [9.17, 15) is 4.39 Å². The summed E-state index contributed by atoms with van der Waals surface area (Å²) < 4.78 is 24.3. The first-order valence-electron chi connectivity index (χ1n) is 8.02. The third-order valence-corrected chi connectivity index (χ3v) is 3.72. The summed E-state index contributed by atoms with van der Waals surface area (Å²) in [5, 5.41) is 0. The van der Waals surface area contributed by atoms with Gasteiger partial charge in [0.2, 0.25) is 0 Å². The van der Waals surface area contributed by atoms with Gasteiger partial charge < -0.3 is 15.2 Å². The van der Waals surface area contributed by atoms with Gasteiger partial charge in [-0.3, -0.25) is 0 Å². The smallest absolute Gasteiger partial charge is 0.161 e. The molecule has 1 atom stereocenters. The van der Waals surface area contributed by atoms with Crippen LogP contribution in [0.1, 0.15) is 30.9 Å². The topological polar surface area (TPSA) is 44.5 Å². The van der Waals surface area contributed by atoms with Crippen LogP contribution >= 0.6 is 0 Å². The molecule has 0 radical (unpaired) electrons. The molecule has 2 rings (SSSR count). The van der Waals surface area contributed by atoms with Crippen molar-refractivity contribution in [3.63, 3.8) is 0 Å². The van der Waals surface area contributed by atoms with Crippen LogP contribution in [0.25, 0.3) is 0 Å². The van der Waals surface area contributed by atoms with Crippen LogP contribution in [-0.2, 0) is 6.42 Å². The van der Waals surface area contributed by atoms with Crippen LogP contribution < -0.4 is 15.2 Å². The molecule has 2 N–H and O–H groups in total. The Bertz CT molecular complexity index is 613. The van der Waals surface area contributed by atoms with Crippen molar-refractivity contribution in [1.82, 2.24) is 0 Å². The van der Waals surface area contributed by atoms with Crippen LogP contribution in [0, 0.1) is 5.82 Å². The summed E-state index contributed by atoms with van der Waals surface area (Å²) in [6.45, 7) is 5.58. The van der Waals surface area contributed by atoms with Crippen molar-refractivity contribution in [3.05, 3.63) is 59.4 Å². The van der Waals surface area contributed by atoms with Crippen molar-refractivity contribution in [2.45, 2.75) is 26.2 Å². The molecule has 3 nitrogen and oxygen atoms in total. The number of benzene rings is 2. The Hall–Kier alpha value is -2.07. The largest absolute Gasteiger partial charge is 0.490 e. The molecular formula is C19H24FNO2. The Kier molecular flexibility index (Phi) is 6.41. The Labute approximate surface area is 137 Å². The lowest BCUT2D eigenvalue weighted by Gasteiger charge is -2.17. The molecular weight excluding hydrogens is 293 g/mol. The molecule has 0 bridgehead atoms. The fourth-order valence-corrected chi connectivity index (χ4v) is 2.58. The number of nitrogens with two attached hydrogens (primary N) is 1. The first-order valence-corrected chi connectivity index (χ1v) is 8.02. The van der Waals surface area contributed by atoms with Gasteiger partial charge in [-0.15, -0.1) is 0 Å². The maximum absolute atomic E-state index is 13.1. The summed E-state index contributed by atoms with van der Waals surface area (Å²) in [7, 11) is 0. The quantitative estimate of drug-likeness (QED) is 0.803. The Balaban J connectivity index is 2.19. The third kappa shape index (κ3) is 4.70. The predicted molar refractivity (Wildman–Crippen MR) is 90.7 cm³/mol. The second kappa shape index (κ2) is 8.53. The van der Waals surface area contributed by atoms with Gasteiger partial charge in [-0.2, -0.15) is 0 Å². The molecule has 2 aromatic rings. The molecule has 0 saturated carbocycles. The number of rotatable bonds is 8. The van der Waals surface area contributed by atoms with Gasteiger partial charge in [-0.25, -0.2) is 4.39 Å². The monoisotopic (exact) mass is 317 g/mol. The molecule has 4 heteroatoms. The minimum atomic E-state index is -0.232. The second-order valence-electron chi connectivity index (χ2n) is 5.34. The van der Waals surface area contributed by atoms with Gasteiger partial charge in [-0.1, -0.05) is 18.2 Å². The lowest BCUT2D eigenvalue weighted by Crippen LogP contribution is -2.15. The van der Waals surface area contributed by atoms with Gasteiger partial charge in [-0.05, 0) is 62.2 Å². The fourth-order valence-electron chi connectivity index (χ4n) is 2.58. The third-order valence-electron chi connectivity index (χ3n) is 3.72. The van der Waals surface area contributed by atoms with Crippen LogP contribution in [-0.4, -0.2) is 19.8 Å². The zero-order valence-electron chi connectivity index (χ0n) is 13.7. The van der Waals surface area contributed by atoms with E-state index >= 15 is 0 Å². The van der Waals surface area contributed by atoms with Crippen LogP contribution in [0.15, 0.2) is 42.5 Å². The number of hydrogen-bond donors (Lipinski definition) is 1. The van der Waals surface area contributed by atoms with E-state index < -0.39 is 0 Å². The Morgan fingerprint density at radius 2 is 1.61 bits per heavy atom. The SMILES string of the molecule is CCOc1ccc(CC(CN)c2ccc(F)cc2)cc1OCC. The molecule has 0 heterocycles. The van der Waals surface area contributed by atoms with Crippen molar-refractivity contribution in [1.29, 1.82) is 0 Å². The van der Waals surface area contributed by atoms with E-state index in [1.165, 1.54) is 12.1 Å². The molecule has 0 aliphatic carbocycles. The van der Waals surface area contributed by atoms with Crippen molar-refractivity contribution < 1.29 is 13.9 Å². The van der Waals surface area contributed by atoms with Gasteiger partial charge in [0, 0.05) is 5.92 Å². The summed E-state index contributed by atoms with van der Waals surface area (Å²) in [6.07, 6.45) is 0.772.